The molecule has 0 aliphatic heterocycles. The van der Waals surface area contributed by atoms with Crippen LogP contribution < -0.4 is 0 Å². The lowest BCUT2D eigenvalue weighted by Crippen LogP contribution is -2.29. The molecule has 0 aliphatic rings. The van der Waals surface area contributed by atoms with Crippen LogP contribution in [0.25, 0.3) is 0 Å². The molecule has 4 heteroatoms. The average Bonchev–Trinajstić information content (AvgIpc) is 2.65. The number of carbonyl (C=O) groups is 1. The van der Waals surface area contributed by atoms with E-state index in [-0.39, 0.29) is 29.4 Å². The summed E-state index contributed by atoms with van der Waals surface area (Å²) in [7, 11) is 0. The van der Waals surface area contributed by atoms with Crippen molar-refractivity contribution in [2.75, 3.05) is 6.54 Å². The Morgan fingerprint density at radius 1 is 0.731 bits per heavy atom. The molecule has 0 aliphatic carbocycles. The normalized spacial score (nSPS) is 10.8. The van der Waals surface area contributed by atoms with Crippen LogP contribution in [0.2, 0.25) is 0 Å². The van der Waals surface area contributed by atoms with Crippen molar-refractivity contribution >= 4 is 5.78 Å². The summed E-state index contributed by atoms with van der Waals surface area (Å²) in [5.41, 5.74) is 2.35. The van der Waals surface area contributed by atoms with Crippen LogP contribution >= 0.6 is 0 Å². The van der Waals surface area contributed by atoms with Gasteiger partial charge in [0.05, 0.1) is 12.1 Å². The summed E-state index contributed by atoms with van der Waals surface area (Å²) in [5.74, 6) is -0.879. The number of Topliss-reactive ketones (excluding diaryl/α,β-unsaturated/α-hetero) is 1. The fourth-order valence-electron chi connectivity index (χ4n) is 2.90. The Hall–Kier alpha value is -3.11. The van der Waals surface area contributed by atoms with Crippen LogP contribution in [0.1, 0.15) is 21.5 Å². The first kappa shape index (κ1) is 17.7. The summed E-state index contributed by atoms with van der Waals surface area (Å²) in [6, 6.07) is 24.3. The maximum absolute atomic E-state index is 12.7. The van der Waals surface area contributed by atoms with Gasteiger partial charge in [0.2, 0.25) is 0 Å². The van der Waals surface area contributed by atoms with E-state index in [0.29, 0.717) is 13.1 Å². The van der Waals surface area contributed by atoms with Gasteiger partial charge in [-0.3, -0.25) is 9.69 Å². The second kappa shape index (κ2) is 8.32. The summed E-state index contributed by atoms with van der Waals surface area (Å²) in [5, 5.41) is 19.6. The quantitative estimate of drug-likeness (QED) is 0.501. The molecule has 3 aromatic carbocycles. The number of benzene rings is 3. The lowest BCUT2D eigenvalue weighted by molar-refractivity contribution is 0.0917. The fraction of sp³-hybridized carbons (Fsp3) is 0.136. The number of hydrogen-bond acceptors (Lipinski definition) is 4. The highest BCUT2D eigenvalue weighted by Gasteiger charge is 2.18. The van der Waals surface area contributed by atoms with Crippen LogP contribution in [-0.2, 0) is 13.1 Å². The zero-order valence-corrected chi connectivity index (χ0v) is 14.4. The van der Waals surface area contributed by atoms with Gasteiger partial charge in [-0.2, -0.15) is 0 Å². The van der Waals surface area contributed by atoms with Gasteiger partial charge in [0.15, 0.2) is 17.3 Å². The first-order chi connectivity index (χ1) is 12.6. The van der Waals surface area contributed by atoms with Crippen molar-refractivity contribution in [1.29, 1.82) is 0 Å². The third-order valence-electron chi connectivity index (χ3n) is 4.18. The smallest absolute Gasteiger partial charge is 0.180 e. The minimum atomic E-state index is -0.364. The number of phenolic OH excluding ortho intramolecular Hbond substituents is 2. The topological polar surface area (TPSA) is 60.8 Å². The number of nitrogens with zero attached hydrogens (tertiary/aromatic N) is 1. The Labute approximate surface area is 153 Å². The molecule has 4 nitrogen and oxygen atoms in total. The van der Waals surface area contributed by atoms with E-state index in [9.17, 15) is 15.0 Å². The first-order valence-corrected chi connectivity index (χ1v) is 8.48. The molecule has 0 heterocycles. The Bertz CT molecular complexity index is 822. The van der Waals surface area contributed by atoms with E-state index >= 15 is 0 Å². The molecule has 0 spiro atoms. The average molecular weight is 347 g/mol. The van der Waals surface area contributed by atoms with Crippen molar-refractivity contribution in [2.24, 2.45) is 0 Å². The third-order valence-corrected chi connectivity index (χ3v) is 4.18. The summed E-state index contributed by atoms with van der Waals surface area (Å²) in [6.07, 6.45) is 0. The van der Waals surface area contributed by atoms with Gasteiger partial charge in [0.25, 0.3) is 0 Å². The number of ketones is 1. The van der Waals surface area contributed by atoms with Crippen molar-refractivity contribution in [3.63, 3.8) is 0 Å². The van der Waals surface area contributed by atoms with Gasteiger partial charge in [-0.05, 0) is 23.3 Å². The van der Waals surface area contributed by atoms with Crippen molar-refractivity contribution in [2.45, 2.75) is 13.1 Å². The molecule has 0 bridgehead atoms. The van der Waals surface area contributed by atoms with E-state index in [0.717, 1.165) is 11.1 Å². The molecule has 0 amide bonds. The highest BCUT2D eigenvalue weighted by molar-refractivity contribution is 6.00. The van der Waals surface area contributed by atoms with Crippen LogP contribution in [0.5, 0.6) is 11.5 Å². The maximum Gasteiger partial charge on any atom is 0.180 e. The van der Waals surface area contributed by atoms with Crippen molar-refractivity contribution in [3.8, 4) is 11.5 Å². The van der Waals surface area contributed by atoms with Gasteiger partial charge in [0, 0.05) is 13.1 Å². The molecule has 0 atom stereocenters. The zero-order chi connectivity index (χ0) is 18.4. The molecule has 3 aromatic rings. The molecule has 26 heavy (non-hydrogen) atoms. The van der Waals surface area contributed by atoms with E-state index in [2.05, 4.69) is 0 Å². The second-order valence-electron chi connectivity index (χ2n) is 6.21. The Kier molecular flexibility index (Phi) is 5.66. The van der Waals surface area contributed by atoms with Gasteiger partial charge >= 0.3 is 0 Å². The van der Waals surface area contributed by atoms with E-state index in [1.807, 2.05) is 65.6 Å². The molecule has 0 fully saturated rings. The molecule has 0 aromatic heterocycles. The molecule has 2 N–H and O–H groups in total. The lowest BCUT2D eigenvalue weighted by Gasteiger charge is -2.22. The minimum Gasteiger partial charge on any atom is -0.504 e. The SMILES string of the molecule is O=C(CN(Cc1ccccc1)Cc1ccccc1)c1cccc(O)c1O. The highest BCUT2D eigenvalue weighted by atomic mass is 16.3. The molecular weight excluding hydrogens is 326 g/mol. The van der Waals surface area contributed by atoms with E-state index in [1.165, 1.54) is 12.1 Å². The van der Waals surface area contributed by atoms with Crippen molar-refractivity contribution in [1.82, 2.24) is 4.90 Å². The monoisotopic (exact) mass is 347 g/mol. The Morgan fingerprint density at radius 2 is 1.27 bits per heavy atom. The van der Waals surface area contributed by atoms with Crippen LogP contribution in [0.4, 0.5) is 0 Å². The van der Waals surface area contributed by atoms with Gasteiger partial charge in [-0.15, -0.1) is 0 Å². The zero-order valence-electron chi connectivity index (χ0n) is 14.4. The standard InChI is InChI=1S/C22H21NO3/c24-20-13-7-12-19(22(20)26)21(25)16-23(14-17-8-3-1-4-9-17)15-18-10-5-2-6-11-18/h1-13,24,26H,14-16H2. The molecular formula is C22H21NO3. The first-order valence-electron chi connectivity index (χ1n) is 8.48. The fourth-order valence-corrected chi connectivity index (χ4v) is 2.90. The number of carbonyl (C=O) groups excluding carboxylic acids is 1. The number of aromatic hydroxyl groups is 2. The predicted molar refractivity (Wildman–Crippen MR) is 101 cm³/mol. The van der Waals surface area contributed by atoms with E-state index in [4.69, 9.17) is 0 Å². The van der Waals surface area contributed by atoms with Gasteiger partial charge in [-0.25, -0.2) is 0 Å². The van der Waals surface area contributed by atoms with Crippen molar-refractivity contribution < 1.29 is 15.0 Å². The summed E-state index contributed by atoms with van der Waals surface area (Å²) in [6.45, 7) is 1.36. The molecule has 0 saturated heterocycles. The summed E-state index contributed by atoms with van der Waals surface area (Å²) < 4.78 is 0. The number of hydrogen-bond donors (Lipinski definition) is 2. The predicted octanol–water partition coefficient (Wildman–Crippen LogP) is 3.98. The molecule has 3 rings (SSSR count). The van der Waals surface area contributed by atoms with E-state index in [1.54, 1.807) is 6.07 Å². The van der Waals surface area contributed by atoms with Crippen LogP contribution in [0.3, 0.4) is 0 Å². The minimum absolute atomic E-state index is 0.135. The molecule has 0 unspecified atom stereocenters. The largest absolute Gasteiger partial charge is 0.504 e. The number of phenols is 2. The number of rotatable bonds is 7. The van der Waals surface area contributed by atoms with Crippen LogP contribution in [0.15, 0.2) is 78.9 Å². The Balaban J connectivity index is 1.80. The van der Waals surface area contributed by atoms with E-state index < -0.39 is 0 Å². The van der Waals surface area contributed by atoms with Crippen LogP contribution in [0, 0.1) is 0 Å². The summed E-state index contributed by atoms with van der Waals surface area (Å²) >= 11 is 0. The maximum atomic E-state index is 12.7. The third kappa shape index (κ3) is 4.49. The van der Waals surface area contributed by atoms with Crippen molar-refractivity contribution in [3.05, 3.63) is 95.6 Å². The lowest BCUT2D eigenvalue weighted by atomic mass is 10.1. The van der Waals surface area contributed by atoms with Gasteiger partial charge < -0.3 is 10.2 Å². The highest BCUT2D eigenvalue weighted by Crippen LogP contribution is 2.28. The van der Waals surface area contributed by atoms with Gasteiger partial charge in [0.1, 0.15) is 0 Å². The molecule has 132 valence electrons. The molecule has 0 saturated carbocycles. The Morgan fingerprint density at radius 3 is 1.81 bits per heavy atom. The summed E-state index contributed by atoms with van der Waals surface area (Å²) in [4.78, 5) is 14.7. The molecule has 0 radical (unpaired) electrons. The second-order valence-corrected chi connectivity index (χ2v) is 6.21. The number of para-hydroxylation sites is 1. The van der Waals surface area contributed by atoms with Gasteiger partial charge in [-0.1, -0.05) is 66.7 Å². The van der Waals surface area contributed by atoms with Crippen LogP contribution in [-0.4, -0.2) is 27.4 Å².